The standard InChI is InChI=1S/C14H12FN3O3/c1-8-2-4-10(14(16)17)12(6-8)21-13-7-9(15)3-5-11(13)18(19)20/h2-7H,1H3,(H3,16,17). The van der Waals surface area contributed by atoms with E-state index in [0.29, 0.717) is 0 Å². The lowest BCUT2D eigenvalue weighted by Gasteiger charge is -2.11. The number of ether oxygens (including phenoxy) is 1. The Labute approximate surface area is 119 Å². The normalized spacial score (nSPS) is 10.2. The van der Waals surface area contributed by atoms with Gasteiger partial charge in [0, 0.05) is 12.1 Å². The summed E-state index contributed by atoms with van der Waals surface area (Å²) in [4.78, 5) is 10.3. The van der Waals surface area contributed by atoms with Gasteiger partial charge >= 0.3 is 5.69 Å². The lowest BCUT2D eigenvalue weighted by molar-refractivity contribution is -0.385. The summed E-state index contributed by atoms with van der Waals surface area (Å²) in [6.07, 6.45) is 0. The minimum absolute atomic E-state index is 0.163. The Hall–Kier alpha value is -2.96. The van der Waals surface area contributed by atoms with Gasteiger partial charge in [-0.25, -0.2) is 4.39 Å². The van der Waals surface area contributed by atoms with Gasteiger partial charge in [-0.3, -0.25) is 15.5 Å². The van der Waals surface area contributed by atoms with Gasteiger partial charge < -0.3 is 10.5 Å². The summed E-state index contributed by atoms with van der Waals surface area (Å²) in [5, 5.41) is 18.4. The van der Waals surface area contributed by atoms with E-state index < -0.39 is 10.7 Å². The van der Waals surface area contributed by atoms with Crippen LogP contribution in [0.4, 0.5) is 10.1 Å². The molecular formula is C14H12FN3O3. The third kappa shape index (κ3) is 3.14. The number of nitrogens with two attached hydrogens (primary N) is 1. The molecule has 0 aliphatic carbocycles. The zero-order valence-corrected chi connectivity index (χ0v) is 11.1. The molecule has 6 nitrogen and oxygen atoms in total. The lowest BCUT2D eigenvalue weighted by atomic mass is 10.1. The van der Waals surface area contributed by atoms with Crippen LogP contribution in [0.2, 0.25) is 0 Å². The van der Waals surface area contributed by atoms with Crippen molar-refractivity contribution >= 4 is 11.5 Å². The fourth-order valence-corrected chi connectivity index (χ4v) is 1.78. The van der Waals surface area contributed by atoms with Crippen LogP contribution in [0, 0.1) is 28.3 Å². The SMILES string of the molecule is Cc1ccc(C(=N)N)c(Oc2cc(F)ccc2[N+](=O)[O-])c1. The molecule has 0 saturated carbocycles. The molecule has 0 aliphatic rings. The van der Waals surface area contributed by atoms with E-state index >= 15 is 0 Å². The highest BCUT2D eigenvalue weighted by Crippen LogP contribution is 2.33. The second-order valence-electron chi connectivity index (χ2n) is 4.38. The molecule has 0 bridgehead atoms. The lowest BCUT2D eigenvalue weighted by Crippen LogP contribution is -2.12. The molecule has 0 radical (unpaired) electrons. The molecule has 2 aromatic rings. The van der Waals surface area contributed by atoms with Crippen molar-refractivity contribution < 1.29 is 14.1 Å². The number of rotatable bonds is 4. The first-order valence-corrected chi connectivity index (χ1v) is 5.95. The Balaban J connectivity index is 2.52. The number of benzene rings is 2. The van der Waals surface area contributed by atoms with Crippen LogP contribution in [0.25, 0.3) is 0 Å². The van der Waals surface area contributed by atoms with Gasteiger partial charge in [-0.2, -0.15) is 0 Å². The topological polar surface area (TPSA) is 102 Å². The molecule has 7 heteroatoms. The van der Waals surface area contributed by atoms with Gasteiger partial charge in [-0.05, 0) is 30.7 Å². The molecule has 0 atom stereocenters. The maximum Gasteiger partial charge on any atom is 0.311 e. The highest BCUT2D eigenvalue weighted by Gasteiger charge is 2.18. The summed E-state index contributed by atoms with van der Waals surface area (Å²) in [7, 11) is 0. The first-order valence-electron chi connectivity index (χ1n) is 5.95. The Morgan fingerprint density at radius 1 is 1.29 bits per heavy atom. The minimum Gasteiger partial charge on any atom is -0.449 e. The van der Waals surface area contributed by atoms with Crippen molar-refractivity contribution in [3.8, 4) is 11.5 Å². The predicted molar refractivity (Wildman–Crippen MR) is 75.3 cm³/mol. The average Bonchev–Trinajstić information content (AvgIpc) is 2.38. The van der Waals surface area contributed by atoms with Gasteiger partial charge in [0.2, 0.25) is 5.75 Å². The monoisotopic (exact) mass is 289 g/mol. The summed E-state index contributed by atoms with van der Waals surface area (Å²) in [5.41, 5.74) is 6.16. The molecular weight excluding hydrogens is 277 g/mol. The highest BCUT2D eigenvalue weighted by molar-refractivity contribution is 5.97. The Bertz CT molecular complexity index is 670. The number of aryl methyl sites for hydroxylation is 1. The summed E-state index contributed by atoms with van der Waals surface area (Å²) >= 11 is 0. The zero-order chi connectivity index (χ0) is 15.6. The van der Waals surface area contributed by atoms with Crippen LogP contribution < -0.4 is 10.5 Å². The van der Waals surface area contributed by atoms with Gasteiger partial charge in [0.05, 0.1) is 10.5 Å². The number of nitro groups is 1. The number of nitro benzene ring substituents is 1. The number of nitrogens with one attached hydrogen (secondary N) is 1. The smallest absolute Gasteiger partial charge is 0.311 e. The summed E-state index contributed by atoms with van der Waals surface area (Å²) in [6, 6.07) is 7.79. The minimum atomic E-state index is -0.669. The van der Waals surface area contributed by atoms with E-state index in [4.69, 9.17) is 15.9 Å². The van der Waals surface area contributed by atoms with Crippen molar-refractivity contribution in [2.45, 2.75) is 6.92 Å². The first-order chi connectivity index (χ1) is 9.88. The molecule has 0 aliphatic heterocycles. The second-order valence-corrected chi connectivity index (χ2v) is 4.38. The van der Waals surface area contributed by atoms with Crippen molar-refractivity contribution in [1.82, 2.24) is 0 Å². The van der Waals surface area contributed by atoms with E-state index in [2.05, 4.69) is 0 Å². The maximum atomic E-state index is 13.3. The predicted octanol–water partition coefficient (Wildman–Crippen LogP) is 3.12. The van der Waals surface area contributed by atoms with E-state index in [-0.39, 0.29) is 28.6 Å². The largest absolute Gasteiger partial charge is 0.449 e. The number of hydrogen-bond donors (Lipinski definition) is 2. The summed E-state index contributed by atoms with van der Waals surface area (Å²) in [5.74, 6) is -0.985. The zero-order valence-electron chi connectivity index (χ0n) is 11.1. The fourth-order valence-electron chi connectivity index (χ4n) is 1.78. The van der Waals surface area contributed by atoms with Crippen LogP contribution in [-0.4, -0.2) is 10.8 Å². The van der Waals surface area contributed by atoms with Crippen LogP contribution in [0.15, 0.2) is 36.4 Å². The summed E-state index contributed by atoms with van der Waals surface area (Å²) < 4.78 is 18.7. The van der Waals surface area contributed by atoms with Gasteiger partial charge in [-0.15, -0.1) is 0 Å². The van der Waals surface area contributed by atoms with Gasteiger partial charge in [-0.1, -0.05) is 6.07 Å². The maximum absolute atomic E-state index is 13.3. The van der Waals surface area contributed by atoms with E-state index in [1.807, 2.05) is 0 Å². The van der Waals surface area contributed by atoms with Crippen LogP contribution in [0.1, 0.15) is 11.1 Å². The molecule has 2 aromatic carbocycles. The number of nitrogens with zero attached hydrogens (tertiary/aromatic N) is 1. The van der Waals surface area contributed by atoms with E-state index in [0.717, 1.165) is 23.8 Å². The van der Waals surface area contributed by atoms with Gasteiger partial charge in [0.1, 0.15) is 17.4 Å². The third-order valence-corrected chi connectivity index (χ3v) is 2.77. The first kappa shape index (κ1) is 14.4. The molecule has 0 unspecified atom stereocenters. The Kier molecular flexibility index (Phi) is 3.84. The molecule has 108 valence electrons. The molecule has 0 heterocycles. The molecule has 0 amide bonds. The molecule has 2 rings (SSSR count). The molecule has 0 fully saturated rings. The Morgan fingerprint density at radius 2 is 2.00 bits per heavy atom. The molecule has 3 N–H and O–H groups in total. The number of hydrogen-bond acceptors (Lipinski definition) is 4. The highest BCUT2D eigenvalue weighted by atomic mass is 19.1. The van der Waals surface area contributed by atoms with Crippen molar-refractivity contribution in [2.24, 2.45) is 5.73 Å². The third-order valence-electron chi connectivity index (χ3n) is 2.77. The fraction of sp³-hybridized carbons (Fsp3) is 0.0714. The van der Waals surface area contributed by atoms with Gasteiger partial charge in [0.25, 0.3) is 0 Å². The van der Waals surface area contributed by atoms with E-state index in [1.54, 1.807) is 25.1 Å². The van der Waals surface area contributed by atoms with Crippen LogP contribution in [-0.2, 0) is 0 Å². The number of amidine groups is 1. The van der Waals surface area contributed by atoms with Crippen molar-refractivity contribution in [3.63, 3.8) is 0 Å². The van der Waals surface area contributed by atoms with E-state index in [1.165, 1.54) is 0 Å². The van der Waals surface area contributed by atoms with Crippen LogP contribution in [0.5, 0.6) is 11.5 Å². The number of halogens is 1. The molecule has 0 saturated heterocycles. The van der Waals surface area contributed by atoms with Crippen LogP contribution >= 0.6 is 0 Å². The van der Waals surface area contributed by atoms with Crippen molar-refractivity contribution in [3.05, 3.63) is 63.5 Å². The summed E-state index contributed by atoms with van der Waals surface area (Å²) in [6.45, 7) is 1.79. The second kappa shape index (κ2) is 5.58. The quantitative estimate of drug-likeness (QED) is 0.390. The van der Waals surface area contributed by atoms with Crippen LogP contribution in [0.3, 0.4) is 0 Å². The van der Waals surface area contributed by atoms with E-state index in [9.17, 15) is 14.5 Å². The number of nitrogen functional groups attached to an aromatic ring is 1. The van der Waals surface area contributed by atoms with Crippen molar-refractivity contribution in [2.75, 3.05) is 0 Å². The molecule has 0 aromatic heterocycles. The Morgan fingerprint density at radius 3 is 2.62 bits per heavy atom. The molecule has 21 heavy (non-hydrogen) atoms. The van der Waals surface area contributed by atoms with Gasteiger partial charge in [0.15, 0.2) is 0 Å². The van der Waals surface area contributed by atoms with Crippen molar-refractivity contribution in [1.29, 1.82) is 5.41 Å². The molecule has 0 spiro atoms. The average molecular weight is 289 g/mol.